The number of rotatable bonds is 4. The third kappa shape index (κ3) is 2.18. The van der Waals surface area contributed by atoms with Crippen molar-refractivity contribution in [3.8, 4) is 22.8 Å². The van der Waals surface area contributed by atoms with E-state index in [1.54, 1.807) is 13.2 Å². The average molecular weight is 234 g/mol. The Morgan fingerprint density at radius 2 is 2.12 bits per heavy atom. The lowest BCUT2D eigenvalue weighted by atomic mass is 10.1. The van der Waals surface area contributed by atoms with E-state index < -0.39 is 0 Å². The Morgan fingerprint density at radius 1 is 1.35 bits per heavy atom. The first-order valence-corrected chi connectivity index (χ1v) is 5.28. The van der Waals surface area contributed by atoms with Crippen molar-refractivity contribution in [2.45, 2.75) is 6.92 Å². The van der Waals surface area contributed by atoms with Crippen molar-refractivity contribution < 1.29 is 14.0 Å². The number of hydrogen-bond donors (Lipinski definition) is 1. The van der Waals surface area contributed by atoms with Crippen molar-refractivity contribution in [3.63, 3.8) is 0 Å². The topological polar surface area (TPSA) is 70.5 Å². The van der Waals surface area contributed by atoms with E-state index in [9.17, 15) is 0 Å². The highest BCUT2D eigenvalue weighted by atomic mass is 16.5. The number of nitrogens with two attached hydrogens (primary N) is 1. The highest BCUT2D eigenvalue weighted by molar-refractivity contribution is 5.75. The van der Waals surface area contributed by atoms with E-state index in [1.807, 2.05) is 25.1 Å². The minimum atomic E-state index is 0.258. The molecular weight excluding hydrogens is 220 g/mol. The summed E-state index contributed by atoms with van der Waals surface area (Å²) in [6.45, 7) is 2.48. The van der Waals surface area contributed by atoms with Crippen LogP contribution in [0.3, 0.4) is 0 Å². The molecule has 0 fully saturated rings. The molecular formula is C12H14N2O3. The normalized spacial score (nSPS) is 10.2. The quantitative estimate of drug-likeness (QED) is 0.879. The molecule has 0 spiro atoms. The van der Waals surface area contributed by atoms with Crippen LogP contribution in [-0.2, 0) is 0 Å². The van der Waals surface area contributed by atoms with E-state index in [0.717, 1.165) is 5.56 Å². The van der Waals surface area contributed by atoms with E-state index in [-0.39, 0.29) is 5.88 Å². The first kappa shape index (κ1) is 11.3. The van der Waals surface area contributed by atoms with Gasteiger partial charge in [0.25, 0.3) is 0 Å². The molecule has 17 heavy (non-hydrogen) atoms. The third-order valence-corrected chi connectivity index (χ3v) is 2.29. The molecule has 0 radical (unpaired) electrons. The highest BCUT2D eigenvalue weighted by Crippen LogP contribution is 2.38. The molecule has 5 nitrogen and oxygen atoms in total. The number of nitrogens with zero attached hydrogens (tertiary/aromatic N) is 1. The molecule has 2 aromatic rings. The number of ether oxygens (including phenoxy) is 2. The van der Waals surface area contributed by atoms with Gasteiger partial charge >= 0.3 is 0 Å². The minimum absolute atomic E-state index is 0.258. The highest BCUT2D eigenvalue weighted by Gasteiger charge is 2.16. The zero-order valence-electron chi connectivity index (χ0n) is 9.77. The lowest BCUT2D eigenvalue weighted by Crippen LogP contribution is -1.96. The predicted molar refractivity (Wildman–Crippen MR) is 64.1 cm³/mol. The molecule has 0 amide bonds. The molecule has 1 aromatic carbocycles. The smallest absolute Gasteiger partial charge is 0.222 e. The van der Waals surface area contributed by atoms with E-state index in [0.29, 0.717) is 23.8 Å². The van der Waals surface area contributed by atoms with Gasteiger partial charge < -0.3 is 19.7 Å². The Morgan fingerprint density at radius 3 is 2.71 bits per heavy atom. The van der Waals surface area contributed by atoms with Crippen molar-refractivity contribution >= 4 is 5.88 Å². The fourth-order valence-corrected chi connectivity index (χ4v) is 1.62. The number of hydrogen-bond acceptors (Lipinski definition) is 5. The molecule has 0 unspecified atom stereocenters. The molecule has 90 valence electrons. The number of methoxy groups -OCH3 is 1. The molecule has 5 heteroatoms. The molecule has 1 heterocycles. The monoisotopic (exact) mass is 234 g/mol. The molecule has 0 aliphatic heterocycles. The maximum atomic E-state index is 5.54. The summed E-state index contributed by atoms with van der Waals surface area (Å²) >= 11 is 0. The molecule has 0 atom stereocenters. The van der Waals surface area contributed by atoms with Crippen LogP contribution in [0.4, 0.5) is 5.88 Å². The summed E-state index contributed by atoms with van der Waals surface area (Å²) in [7, 11) is 1.60. The Hall–Kier alpha value is -2.17. The van der Waals surface area contributed by atoms with Crippen LogP contribution in [-0.4, -0.2) is 18.9 Å². The zero-order valence-corrected chi connectivity index (χ0v) is 9.77. The lowest BCUT2D eigenvalue weighted by Gasteiger charge is -2.11. The fourth-order valence-electron chi connectivity index (χ4n) is 1.62. The van der Waals surface area contributed by atoms with Crippen LogP contribution in [0.15, 0.2) is 28.8 Å². The van der Waals surface area contributed by atoms with Gasteiger partial charge in [0.2, 0.25) is 5.88 Å². The van der Waals surface area contributed by atoms with E-state index >= 15 is 0 Å². The van der Waals surface area contributed by atoms with Crippen LogP contribution in [0, 0.1) is 0 Å². The standard InChI is InChI=1S/C12H14N2O3/c1-3-16-10-6-4-5-9(15-2)12(10)8-7-11(13)17-14-8/h4-7H,3,13H2,1-2H3. The van der Waals surface area contributed by atoms with Crippen molar-refractivity contribution in [2.75, 3.05) is 19.5 Å². The van der Waals surface area contributed by atoms with Crippen LogP contribution in [0.5, 0.6) is 11.5 Å². The van der Waals surface area contributed by atoms with E-state index in [1.165, 1.54) is 0 Å². The van der Waals surface area contributed by atoms with Gasteiger partial charge in [-0.1, -0.05) is 11.2 Å². The Labute approximate surface area is 99.1 Å². The van der Waals surface area contributed by atoms with Crippen LogP contribution in [0.2, 0.25) is 0 Å². The van der Waals surface area contributed by atoms with E-state index in [2.05, 4.69) is 5.16 Å². The first-order valence-electron chi connectivity index (χ1n) is 5.28. The predicted octanol–water partition coefficient (Wildman–Crippen LogP) is 2.33. The molecule has 0 bridgehead atoms. The van der Waals surface area contributed by atoms with Crippen LogP contribution in [0.25, 0.3) is 11.3 Å². The Bertz CT molecular complexity index is 508. The molecule has 1 aromatic heterocycles. The van der Waals surface area contributed by atoms with Crippen molar-refractivity contribution in [2.24, 2.45) is 0 Å². The number of anilines is 1. The SMILES string of the molecule is CCOc1cccc(OC)c1-c1cc(N)on1. The second-order valence-electron chi connectivity index (χ2n) is 3.38. The number of aromatic nitrogens is 1. The average Bonchev–Trinajstić information content (AvgIpc) is 2.75. The molecule has 0 aliphatic carbocycles. The van der Waals surface area contributed by atoms with Gasteiger partial charge in [0, 0.05) is 6.07 Å². The Balaban J connectivity index is 2.55. The van der Waals surface area contributed by atoms with Gasteiger partial charge in [0.1, 0.15) is 17.2 Å². The molecule has 2 rings (SSSR count). The van der Waals surface area contributed by atoms with Gasteiger partial charge in [-0.25, -0.2) is 0 Å². The van der Waals surface area contributed by atoms with Gasteiger partial charge in [-0.15, -0.1) is 0 Å². The van der Waals surface area contributed by atoms with Crippen LogP contribution in [0.1, 0.15) is 6.92 Å². The largest absolute Gasteiger partial charge is 0.496 e. The van der Waals surface area contributed by atoms with Crippen LogP contribution < -0.4 is 15.2 Å². The summed E-state index contributed by atoms with van der Waals surface area (Å²) in [6, 6.07) is 7.19. The third-order valence-electron chi connectivity index (χ3n) is 2.29. The summed E-state index contributed by atoms with van der Waals surface area (Å²) in [6.07, 6.45) is 0. The van der Waals surface area contributed by atoms with E-state index in [4.69, 9.17) is 19.7 Å². The van der Waals surface area contributed by atoms with Gasteiger partial charge in [0.15, 0.2) is 0 Å². The Kier molecular flexibility index (Phi) is 3.18. The molecule has 0 aliphatic rings. The summed E-state index contributed by atoms with van der Waals surface area (Å²) in [5, 5.41) is 3.88. The van der Waals surface area contributed by atoms with Gasteiger partial charge in [-0.2, -0.15) is 0 Å². The number of nitrogen functional groups attached to an aromatic ring is 1. The second kappa shape index (κ2) is 4.78. The maximum Gasteiger partial charge on any atom is 0.222 e. The summed E-state index contributed by atoms with van der Waals surface area (Å²) in [5.41, 5.74) is 6.87. The fraction of sp³-hybridized carbons (Fsp3) is 0.250. The zero-order chi connectivity index (χ0) is 12.3. The first-order chi connectivity index (χ1) is 8.26. The lowest BCUT2D eigenvalue weighted by molar-refractivity contribution is 0.337. The number of benzene rings is 1. The van der Waals surface area contributed by atoms with Crippen molar-refractivity contribution in [1.29, 1.82) is 0 Å². The van der Waals surface area contributed by atoms with Crippen molar-refractivity contribution in [3.05, 3.63) is 24.3 Å². The van der Waals surface area contributed by atoms with Gasteiger partial charge in [0.05, 0.1) is 19.3 Å². The summed E-state index contributed by atoms with van der Waals surface area (Å²) in [5.74, 6) is 1.62. The molecule has 2 N–H and O–H groups in total. The molecule has 0 saturated carbocycles. The van der Waals surface area contributed by atoms with Gasteiger partial charge in [-0.3, -0.25) is 0 Å². The van der Waals surface area contributed by atoms with Crippen LogP contribution >= 0.6 is 0 Å². The summed E-state index contributed by atoms with van der Waals surface area (Å²) < 4.78 is 15.7. The molecule has 0 saturated heterocycles. The second-order valence-corrected chi connectivity index (χ2v) is 3.38. The van der Waals surface area contributed by atoms with Crippen molar-refractivity contribution in [1.82, 2.24) is 5.16 Å². The van der Waals surface area contributed by atoms with Gasteiger partial charge in [-0.05, 0) is 19.1 Å². The summed E-state index contributed by atoms with van der Waals surface area (Å²) in [4.78, 5) is 0. The minimum Gasteiger partial charge on any atom is -0.496 e. The maximum absolute atomic E-state index is 5.54.